The van der Waals surface area contributed by atoms with Crippen molar-refractivity contribution in [3.63, 3.8) is 0 Å². The maximum atomic E-state index is 12.7. The molecule has 2 N–H and O–H groups in total. The Hall–Kier alpha value is -1.44. The molecule has 3 rings (SSSR count). The fourth-order valence-electron chi connectivity index (χ4n) is 4.04. The summed E-state index contributed by atoms with van der Waals surface area (Å²) in [6, 6.07) is 5.89. The summed E-state index contributed by atoms with van der Waals surface area (Å²) in [5, 5.41) is 5.10. The first-order valence-corrected chi connectivity index (χ1v) is 10.4. The van der Waals surface area contributed by atoms with Gasteiger partial charge >= 0.3 is 0 Å². The van der Waals surface area contributed by atoms with E-state index in [9.17, 15) is 13.2 Å². The lowest BCUT2D eigenvalue weighted by atomic mass is 9.73. The summed E-state index contributed by atoms with van der Waals surface area (Å²) in [5.74, 6) is -0.0263. The summed E-state index contributed by atoms with van der Waals surface area (Å²) in [7, 11) is -1.54. The Morgan fingerprint density at radius 1 is 1.00 bits per heavy atom. The molecular formula is C18H27N3O3S. The third-order valence-corrected chi connectivity index (χ3v) is 6.74. The fraction of sp³-hybridized carbons (Fsp3) is 0.611. The Bertz CT molecular complexity index is 722. The summed E-state index contributed by atoms with van der Waals surface area (Å²) in [6.07, 6.45) is 5.82. The van der Waals surface area contributed by atoms with Crippen molar-refractivity contribution in [1.82, 2.24) is 9.80 Å². The van der Waals surface area contributed by atoms with E-state index in [1.807, 2.05) is 4.90 Å². The lowest BCUT2D eigenvalue weighted by Crippen LogP contribution is -2.43. The molecule has 1 aromatic carbocycles. The van der Waals surface area contributed by atoms with E-state index in [0.29, 0.717) is 11.0 Å². The summed E-state index contributed by atoms with van der Waals surface area (Å²) in [4.78, 5) is 17.0. The van der Waals surface area contributed by atoms with Crippen LogP contribution >= 0.6 is 0 Å². The van der Waals surface area contributed by atoms with Crippen molar-refractivity contribution in [2.24, 2.45) is 10.6 Å². The van der Waals surface area contributed by atoms with Crippen LogP contribution in [0.15, 0.2) is 29.2 Å². The van der Waals surface area contributed by atoms with E-state index in [-0.39, 0.29) is 10.8 Å². The van der Waals surface area contributed by atoms with Crippen LogP contribution in [0.2, 0.25) is 0 Å². The molecule has 0 saturated carbocycles. The van der Waals surface area contributed by atoms with Gasteiger partial charge in [0.1, 0.15) is 0 Å². The molecule has 0 aromatic heterocycles. The third kappa shape index (κ3) is 4.22. The zero-order valence-electron chi connectivity index (χ0n) is 14.8. The number of nitrogens with two attached hydrogens (primary N) is 1. The number of carbonyl (C=O) groups is 1. The Morgan fingerprint density at radius 3 is 2.20 bits per heavy atom. The molecule has 2 saturated heterocycles. The molecule has 1 amide bonds. The molecule has 2 fully saturated rings. The van der Waals surface area contributed by atoms with Crippen molar-refractivity contribution in [1.29, 1.82) is 0 Å². The number of hydrogen-bond acceptors (Lipinski definition) is 4. The van der Waals surface area contributed by atoms with Gasteiger partial charge in [0, 0.05) is 18.7 Å². The zero-order chi connectivity index (χ0) is 18.1. The fourth-order valence-corrected chi connectivity index (χ4v) is 4.56. The molecule has 0 atom stereocenters. The summed E-state index contributed by atoms with van der Waals surface area (Å²) in [6.45, 7) is 3.86. The number of amides is 1. The van der Waals surface area contributed by atoms with Crippen LogP contribution in [0.1, 0.15) is 42.5 Å². The van der Waals surface area contributed by atoms with Crippen LogP contribution in [0.25, 0.3) is 0 Å². The van der Waals surface area contributed by atoms with Gasteiger partial charge in [0.25, 0.3) is 5.91 Å². The Balaban J connectivity index is 1.63. The van der Waals surface area contributed by atoms with Crippen molar-refractivity contribution in [3.8, 4) is 0 Å². The van der Waals surface area contributed by atoms with Crippen molar-refractivity contribution in [2.45, 2.75) is 37.0 Å². The number of hydrogen-bond donors (Lipinski definition) is 1. The average Bonchev–Trinajstić information content (AvgIpc) is 2.76. The number of carbonyl (C=O) groups excluding carboxylic acids is 1. The van der Waals surface area contributed by atoms with Crippen molar-refractivity contribution < 1.29 is 13.2 Å². The van der Waals surface area contributed by atoms with Gasteiger partial charge in [-0.15, -0.1) is 0 Å². The molecule has 7 heteroatoms. The minimum Gasteiger partial charge on any atom is -0.339 e. The molecule has 138 valence electrons. The van der Waals surface area contributed by atoms with Crippen LogP contribution < -0.4 is 5.14 Å². The number of primary sulfonamides is 1. The van der Waals surface area contributed by atoms with E-state index >= 15 is 0 Å². The van der Waals surface area contributed by atoms with Gasteiger partial charge in [-0.3, -0.25) is 4.79 Å². The van der Waals surface area contributed by atoms with Gasteiger partial charge in [-0.25, -0.2) is 13.6 Å². The van der Waals surface area contributed by atoms with Gasteiger partial charge in [-0.1, -0.05) is 0 Å². The third-order valence-electron chi connectivity index (χ3n) is 5.81. The minimum atomic E-state index is -3.73. The molecule has 2 heterocycles. The Morgan fingerprint density at radius 2 is 1.60 bits per heavy atom. The highest BCUT2D eigenvalue weighted by Crippen LogP contribution is 2.41. The zero-order valence-corrected chi connectivity index (χ0v) is 15.6. The first-order chi connectivity index (χ1) is 11.8. The second-order valence-corrected chi connectivity index (χ2v) is 9.08. The largest absolute Gasteiger partial charge is 0.339 e. The molecule has 0 unspecified atom stereocenters. The highest BCUT2D eigenvalue weighted by Gasteiger charge is 2.36. The van der Waals surface area contributed by atoms with Gasteiger partial charge < -0.3 is 9.80 Å². The van der Waals surface area contributed by atoms with Crippen molar-refractivity contribution in [2.75, 3.05) is 33.2 Å². The smallest absolute Gasteiger partial charge is 0.253 e. The molecule has 0 radical (unpaired) electrons. The molecule has 6 nitrogen and oxygen atoms in total. The molecule has 25 heavy (non-hydrogen) atoms. The predicted octanol–water partition coefficient (Wildman–Crippen LogP) is 1.67. The van der Waals surface area contributed by atoms with Gasteiger partial charge in [0.2, 0.25) is 10.0 Å². The highest BCUT2D eigenvalue weighted by atomic mass is 32.2. The van der Waals surface area contributed by atoms with Crippen LogP contribution in [0, 0.1) is 5.41 Å². The van der Waals surface area contributed by atoms with E-state index < -0.39 is 10.0 Å². The molecule has 1 aromatic rings. The van der Waals surface area contributed by atoms with Gasteiger partial charge in [-0.2, -0.15) is 0 Å². The lowest BCUT2D eigenvalue weighted by Gasteiger charge is -2.41. The number of rotatable bonds is 2. The minimum absolute atomic E-state index is 0.0263. The van der Waals surface area contributed by atoms with Gasteiger partial charge in [0.15, 0.2) is 0 Å². The SMILES string of the molecule is CN1CCCC2(CC1)CCN(C(=O)c1ccc(S(N)(=O)=O)cc1)CC2. The number of piperidine rings is 1. The molecule has 0 aliphatic carbocycles. The first kappa shape index (κ1) is 18.4. The summed E-state index contributed by atoms with van der Waals surface area (Å²) >= 11 is 0. The Labute approximate surface area is 150 Å². The standard InChI is InChI=1S/C18H27N3O3S/c1-20-11-2-7-18(8-12-20)9-13-21(14-10-18)17(22)15-3-5-16(6-4-15)25(19,23)24/h3-6H,2,7-14H2,1H3,(H2,19,23,24). The number of sulfonamides is 1. The summed E-state index contributed by atoms with van der Waals surface area (Å²) < 4.78 is 22.6. The maximum absolute atomic E-state index is 12.7. The van der Waals surface area contributed by atoms with Crippen molar-refractivity contribution >= 4 is 15.9 Å². The van der Waals surface area contributed by atoms with Crippen LogP contribution in [0.3, 0.4) is 0 Å². The lowest BCUT2D eigenvalue weighted by molar-refractivity contribution is 0.0542. The predicted molar refractivity (Wildman–Crippen MR) is 96.7 cm³/mol. The maximum Gasteiger partial charge on any atom is 0.253 e. The van der Waals surface area contributed by atoms with Crippen LogP contribution in [0.4, 0.5) is 0 Å². The number of likely N-dealkylation sites (tertiary alicyclic amines) is 2. The second kappa shape index (κ2) is 7.05. The normalized spacial score (nSPS) is 21.9. The molecule has 2 aliphatic heterocycles. The van der Waals surface area contributed by atoms with Crippen LogP contribution in [-0.2, 0) is 10.0 Å². The molecule has 0 bridgehead atoms. The van der Waals surface area contributed by atoms with E-state index in [1.54, 1.807) is 12.1 Å². The molecular weight excluding hydrogens is 338 g/mol. The highest BCUT2D eigenvalue weighted by molar-refractivity contribution is 7.89. The second-order valence-electron chi connectivity index (χ2n) is 7.52. The number of benzene rings is 1. The topological polar surface area (TPSA) is 83.7 Å². The average molecular weight is 365 g/mol. The van der Waals surface area contributed by atoms with Crippen LogP contribution in [0.5, 0.6) is 0 Å². The first-order valence-electron chi connectivity index (χ1n) is 8.90. The van der Waals surface area contributed by atoms with E-state index in [2.05, 4.69) is 11.9 Å². The quantitative estimate of drug-likeness (QED) is 0.864. The van der Waals surface area contributed by atoms with Gasteiger partial charge in [0.05, 0.1) is 4.90 Å². The van der Waals surface area contributed by atoms with Crippen LogP contribution in [-0.4, -0.2) is 57.4 Å². The van der Waals surface area contributed by atoms with E-state index in [1.165, 1.54) is 37.9 Å². The molecule has 2 aliphatic rings. The monoisotopic (exact) mass is 365 g/mol. The summed E-state index contributed by atoms with van der Waals surface area (Å²) in [5.41, 5.74) is 0.905. The van der Waals surface area contributed by atoms with Crippen molar-refractivity contribution in [3.05, 3.63) is 29.8 Å². The number of nitrogens with zero attached hydrogens (tertiary/aromatic N) is 2. The van der Waals surface area contributed by atoms with E-state index in [0.717, 1.165) is 32.5 Å². The molecule has 1 spiro atoms. The Kier molecular flexibility index (Phi) is 5.18. The van der Waals surface area contributed by atoms with Gasteiger partial charge in [-0.05, 0) is 81.9 Å². The van der Waals surface area contributed by atoms with E-state index in [4.69, 9.17) is 5.14 Å².